The van der Waals surface area contributed by atoms with Crippen LogP contribution in [0.1, 0.15) is 195 Å². The van der Waals surface area contributed by atoms with Crippen LogP contribution in [0.2, 0.25) is 0 Å². The fourth-order valence-electron chi connectivity index (χ4n) is 17.1. The molecule has 3 saturated carbocycles. The van der Waals surface area contributed by atoms with E-state index < -0.39 is 146 Å². The number of anilines is 3. The molecule has 6 atom stereocenters. The Morgan fingerprint density at radius 2 is 0.677 bits per heavy atom. The lowest BCUT2D eigenvalue weighted by Gasteiger charge is -2.37. The van der Waals surface area contributed by atoms with Crippen LogP contribution in [-0.4, -0.2) is 126 Å². The molecule has 3 aliphatic heterocycles. The maximum atomic E-state index is 14.2. The number of amides is 6. The first-order valence-corrected chi connectivity index (χ1v) is 41.9. The van der Waals surface area contributed by atoms with E-state index in [0.29, 0.717) is 97.5 Å². The Labute approximate surface area is 731 Å². The zero-order valence-corrected chi connectivity index (χ0v) is 71.3. The van der Waals surface area contributed by atoms with Crippen LogP contribution < -0.4 is 36.8 Å². The number of carbonyl (C=O) groups excluding carboxylic acids is 8. The topological polar surface area (TPSA) is 315 Å². The molecule has 6 aromatic rings. The van der Waals surface area contributed by atoms with Gasteiger partial charge in [-0.25, -0.2) is 9.98 Å². The van der Waals surface area contributed by atoms with Crippen LogP contribution in [0.15, 0.2) is 197 Å². The van der Waals surface area contributed by atoms with E-state index in [4.69, 9.17) is 20.9 Å². The van der Waals surface area contributed by atoms with Gasteiger partial charge in [-0.3, -0.25) is 48.1 Å². The number of carboxylic acid groups (broad SMARTS) is 1. The fraction of sp³-hybridized carbons (Fsp3) is 0.438. The van der Waals surface area contributed by atoms with Gasteiger partial charge in [0.05, 0.1) is 84.9 Å². The summed E-state index contributed by atoms with van der Waals surface area (Å²) in [7, 11) is 4.51. The van der Waals surface area contributed by atoms with Crippen molar-refractivity contribution in [1.82, 2.24) is 10.6 Å². The summed E-state index contributed by atoms with van der Waals surface area (Å²) >= 11 is 0. The van der Waals surface area contributed by atoms with E-state index in [1.54, 1.807) is 93.6 Å². The van der Waals surface area contributed by atoms with Crippen LogP contribution in [-0.2, 0) is 71.2 Å². The van der Waals surface area contributed by atoms with E-state index in [-0.39, 0.29) is 59.1 Å². The number of ether oxygens (including phenoxy) is 2. The Morgan fingerprint density at radius 1 is 0.417 bits per heavy atom. The monoisotopic (exact) mass is 1760 g/mol. The van der Waals surface area contributed by atoms with Crippen LogP contribution >= 0.6 is 0 Å². The predicted molar refractivity (Wildman–Crippen MR) is 463 cm³/mol. The molecule has 15 rings (SSSR count). The Bertz CT molecular complexity index is 5350. The summed E-state index contributed by atoms with van der Waals surface area (Å²) in [5, 5.41) is 15.0. The van der Waals surface area contributed by atoms with E-state index in [2.05, 4.69) is 25.6 Å². The van der Waals surface area contributed by atoms with Crippen LogP contribution in [0.3, 0.4) is 0 Å². The van der Waals surface area contributed by atoms with Crippen molar-refractivity contribution in [3.63, 3.8) is 0 Å². The standard InChI is InChI=1S/C33H36F3N3O4.C29H29F3N4O3.C17H14F3N3O.C16H24O4.CH4/c1-31(2,3)43-30(42)32(17-9-10-18-32)24(19-20-15-16-20)28(40)38-27-29(41)39(4)25-14-8-6-12-22(25)26(37-27)21-11-5-7-13-23(21)33(34,35)36;1-36-22-11-5-3-9-19(22)23(18-8-2-4-10-20(18)29(30,31)32)34-24(26(36)38)35-25(37)21(16-17-12-13-17)28(27(33)39)14-6-7-15-28;1-23-13-9-5-3-7-11(13)14(22-15(21)16(23)24)10-6-2-4-8-12(10)17(18,19)20;1-15(2,3)20-14(19)16(8-4-5-9-16)12(13(17)18)10-11-6-7-11;/h5-14,20,24,27H,15-19H2,1-4H3,(H,38,40);2-11,17,21,24H,12-16H2,1H3,(H2,33,39)(H,35,37);2-9,15H,21H2,1H3;4-5,11-12H,6-10H2,1-3H3,(H,17,18);1H4/t24-,27?;21-,24?;;12-;/m00.0./s1. The number of halogens is 9. The number of carbonyl (C=O) groups is 9. The number of aliphatic imine (C=N–C) groups is 3. The number of nitrogens with two attached hydrogens (primary N) is 2. The van der Waals surface area contributed by atoms with Gasteiger partial charge in [0, 0.05) is 54.5 Å². The molecular weight excluding hydrogens is 1660 g/mol. The summed E-state index contributed by atoms with van der Waals surface area (Å²) in [4.78, 5) is 135. The SMILES string of the molecule is C.CC(C)(C)OC(=O)C1([C@@H](CC2CC2)C(=O)O)CC=CC1.CN1C(=O)C(N)N=C(c2ccccc2C(F)(F)F)c2ccccc21.CN1C(=O)C(NC(=O)[C@H](CC2CC2)C2(C(=O)OC(C)(C)C)CC=CC2)N=C(c2ccccc2C(F)(F)F)c2ccccc21.CN1C(=O)C(NC(=O)[C@H](CC2CC2)C2(C(N)=O)CC=CC2)N=C(c2ccccc2C(F)(F)F)c2ccccc21. The molecule has 3 fully saturated rings. The molecule has 6 aliphatic carbocycles. The number of primary amides is 1. The first-order valence-electron chi connectivity index (χ1n) is 41.9. The number of benzodiazepines with no additional fused rings is 3. The molecular formula is C96H107F9N10O12. The number of hydrogen-bond donors (Lipinski definition) is 5. The number of alkyl halides is 9. The average Bonchev–Trinajstić information content (AvgIpc) is 1.66. The van der Waals surface area contributed by atoms with Gasteiger partial charge in [-0.05, 0) is 153 Å². The number of nitrogens with one attached hydrogen (secondary N) is 2. The van der Waals surface area contributed by atoms with Crippen LogP contribution in [0.25, 0.3) is 0 Å². The molecule has 0 spiro atoms. The molecule has 3 unspecified atom stereocenters. The highest BCUT2D eigenvalue weighted by Gasteiger charge is 2.56. The molecule has 22 nitrogen and oxygen atoms in total. The number of aliphatic carboxylic acids is 1. The number of allylic oxidation sites excluding steroid dienone is 6. The van der Waals surface area contributed by atoms with Crippen molar-refractivity contribution in [3.8, 4) is 0 Å². The number of esters is 2. The van der Waals surface area contributed by atoms with Gasteiger partial charge in [0.1, 0.15) is 11.2 Å². The molecule has 31 heteroatoms. The predicted octanol–water partition coefficient (Wildman–Crippen LogP) is 16.9. The lowest BCUT2D eigenvalue weighted by atomic mass is 9.70. The molecule has 3 heterocycles. The molecule has 0 bridgehead atoms. The van der Waals surface area contributed by atoms with Crippen molar-refractivity contribution in [2.75, 3.05) is 35.8 Å². The van der Waals surface area contributed by atoms with Gasteiger partial charge in [-0.15, -0.1) is 0 Å². The minimum absolute atomic E-state index is 0. The Hall–Kier alpha value is -11.9. The Balaban J connectivity index is 0.000000171. The highest BCUT2D eigenvalue weighted by atomic mass is 19.4. The molecule has 7 N–H and O–H groups in total. The normalized spacial score (nSPS) is 20.4. The van der Waals surface area contributed by atoms with E-state index in [9.17, 15) is 87.8 Å². The highest BCUT2D eigenvalue weighted by molar-refractivity contribution is 6.23. The van der Waals surface area contributed by atoms with Crippen LogP contribution in [0.5, 0.6) is 0 Å². The third-order valence-corrected chi connectivity index (χ3v) is 24.3. The second-order valence-electron chi connectivity index (χ2n) is 35.6. The molecule has 6 aromatic carbocycles. The largest absolute Gasteiger partial charge is 0.481 e. The van der Waals surface area contributed by atoms with Gasteiger partial charge in [-0.1, -0.05) is 192 Å². The zero-order chi connectivity index (χ0) is 91.6. The second-order valence-corrected chi connectivity index (χ2v) is 35.6. The first-order chi connectivity index (χ1) is 59.3. The number of hydrogen-bond acceptors (Lipinski definition) is 15. The lowest BCUT2D eigenvalue weighted by Crippen LogP contribution is -2.53. The van der Waals surface area contributed by atoms with Gasteiger partial charge in [0.2, 0.25) is 30.1 Å². The zero-order valence-electron chi connectivity index (χ0n) is 71.3. The van der Waals surface area contributed by atoms with Crippen molar-refractivity contribution in [2.45, 2.75) is 194 Å². The molecule has 0 aromatic heterocycles. The van der Waals surface area contributed by atoms with Gasteiger partial charge in [-0.2, -0.15) is 39.5 Å². The minimum Gasteiger partial charge on any atom is -0.481 e. The molecule has 9 aliphatic rings. The molecule has 0 saturated heterocycles. The third-order valence-electron chi connectivity index (χ3n) is 24.3. The Kier molecular flexibility index (Phi) is 28.6. The summed E-state index contributed by atoms with van der Waals surface area (Å²) < 4.78 is 136. The summed E-state index contributed by atoms with van der Waals surface area (Å²) in [6, 6.07) is 34.9. The van der Waals surface area contributed by atoms with Crippen molar-refractivity contribution >= 4 is 87.5 Å². The maximum Gasteiger partial charge on any atom is 0.417 e. The molecule has 127 heavy (non-hydrogen) atoms. The van der Waals surface area contributed by atoms with Crippen molar-refractivity contribution in [1.29, 1.82) is 0 Å². The summed E-state index contributed by atoms with van der Waals surface area (Å²) in [6.07, 6.45) is 2.55. The third kappa shape index (κ3) is 21.5. The smallest absolute Gasteiger partial charge is 0.417 e. The summed E-state index contributed by atoms with van der Waals surface area (Å²) in [5.41, 5.74) is 6.12. The highest BCUT2D eigenvalue weighted by Crippen LogP contribution is 2.53. The van der Waals surface area contributed by atoms with E-state index >= 15 is 0 Å². The van der Waals surface area contributed by atoms with Crippen molar-refractivity contribution < 1.29 is 97.2 Å². The first kappa shape index (κ1) is 95.8. The number of para-hydroxylation sites is 3. The lowest BCUT2D eigenvalue weighted by molar-refractivity contribution is -0.176. The van der Waals surface area contributed by atoms with Gasteiger partial charge in [0.15, 0.2) is 6.17 Å². The minimum atomic E-state index is -4.68. The van der Waals surface area contributed by atoms with Gasteiger partial charge < -0.3 is 51.4 Å². The molecule has 676 valence electrons. The van der Waals surface area contributed by atoms with E-state index in [0.717, 1.165) is 56.7 Å². The number of likely N-dealkylation sites (N-methyl/N-ethyl adjacent to an activating group) is 3. The van der Waals surface area contributed by atoms with E-state index in [1.807, 2.05) is 57.2 Å². The quantitative estimate of drug-likeness (QED) is 0.0270. The average molecular weight is 1760 g/mol. The number of rotatable bonds is 20. The van der Waals surface area contributed by atoms with Gasteiger partial charge >= 0.3 is 36.4 Å². The fourth-order valence-corrected chi connectivity index (χ4v) is 17.1. The number of fused-ring (bicyclic) bond motifs is 3. The van der Waals surface area contributed by atoms with E-state index in [1.165, 1.54) is 90.4 Å². The second kappa shape index (κ2) is 38.0. The maximum absolute atomic E-state index is 14.2. The Morgan fingerprint density at radius 3 is 0.969 bits per heavy atom. The molecule has 0 radical (unpaired) electrons. The number of benzene rings is 6. The van der Waals surface area contributed by atoms with Crippen molar-refractivity contribution in [2.24, 2.45) is 78.2 Å². The van der Waals surface area contributed by atoms with Crippen LogP contribution in [0.4, 0.5) is 56.6 Å². The summed E-state index contributed by atoms with van der Waals surface area (Å²) in [6.45, 7) is 10.8. The molecule has 6 amide bonds. The number of carboxylic acids is 1. The summed E-state index contributed by atoms with van der Waals surface area (Å²) in [5.74, 6) is -6.39. The van der Waals surface area contributed by atoms with Gasteiger partial charge in [0.25, 0.3) is 17.7 Å². The van der Waals surface area contributed by atoms with Crippen molar-refractivity contribution in [3.05, 3.63) is 232 Å². The number of nitrogens with zero attached hydrogens (tertiary/aromatic N) is 6. The van der Waals surface area contributed by atoms with Crippen LogP contribution in [0, 0.1) is 51.8 Å².